The van der Waals surface area contributed by atoms with Crippen LogP contribution in [0, 0.1) is 12.8 Å². The molecule has 0 aliphatic carbocycles. The molecular weight excluding hydrogens is 456 g/mol. The Morgan fingerprint density at radius 1 is 1.42 bits per heavy atom. The number of thiophene rings is 2. The second-order valence-corrected chi connectivity index (χ2v) is 11.6. The predicted octanol–water partition coefficient (Wildman–Crippen LogP) is 3.45. The molecule has 166 valence electrons. The van der Waals surface area contributed by atoms with Crippen LogP contribution in [0.2, 0.25) is 0 Å². The first-order valence-electron chi connectivity index (χ1n) is 10.1. The van der Waals surface area contributed by atoms with Crippen LogP contribution in [-0.4, -0.2) is 41.9 Å². The number of amides is 1. The molecule has 1 amide bonds. The van der Waals surface area contributed by atoms with Crippen molar-refractivity contribution in [3.8, 4) is 10.7 Å². The first-order valence-corrected chi connectivity index (χ1v) is 13.3. The van der Waals surface area contributed by atoms with Crippen LogP contribution in [0.5, 0.6) is 0 Å². The molecule has 8 nitrogen and oxygen atoms in total. The fourth-order valence-electron chi connectivity index (χ4n) is 3.58. The van der Waals surface area contributed by atoms with E-state index in [4.69, 9.17) is 4.52 Å². The highest BCUT2D eigenvalue weighted by Crippen LogP contribution is 2.35. The Bertz CT molecular complexity index is 1150. The second kappa shape index (κ2) is 9.19. The molecule has 1 unspecified atom stereocenters. The van der Waals surface area contributed by atoms with E-state index in [-0.39, 0.29) is 23.3 Å². The van der Waals surface area contributed by atoms with Gasteiger partial charge in [-0.15, -0.1) is 22.7 Å². The average Bonchev–Trinajstić information content (AvgIpc) is 3.52. The van der Waals surface area contributed by atoms with Crippen molar-refractivity contribution in [3.63, 3.8) is 0 Å². The van der Waals surface area contributed by atoms with Crippen molar-refractivity contribution >= 4 is 38.6 Å². The van der Waals surface area contributed by atoms with Gasteiger partial charge in [0.15, 0.2) is 0 Å². The third-order valence-electron chi connectivity index (χ3n) is 5.25. The minimum absolute atomic E-state index is 0.102. The molecule has 1 aliphatic rings. The highest BCUT2D eigenvalue weighted by Gasteiger charge is 2.35. The molecule has 3 aromatic heterocycles. The first kappa shape index (κ1) is 22.1. The van der Waals surface area contributed by atoms with Crippen molar-refractivity contribution in [1.29, 1.82) is 0 Å². The molecule has 0 bridgehead atoms. The number of aryl methyl sites for hydroxylation is 2. The summed E-state index contributed by atoms with van der Waals surface area (Å²) < 4.78 is 33.3. The summed E-state index contributed by atoms with van der Waals surface area (Å²) in [6.07, 6.45) is 1.95. The van der Waals surface area contributed by atoms with Crippen LogP contribution in [0.1, 0.15) is 35.4 Å². The molecule has 1 aliphatic heterocycles. The minimum atomic E-state index is -3.72. The zero-order valence-electron chi connectivity index (χ0n) is 17.3. The quantitative estimate of drug-likeness (QED) is 0.555. The molecular formula is C20H24N4O4S3. The highest BCUT2D eigenvalue weighted by molar-refractivity contribution is 7.89. The van der Waals surface area contributed by atoms with E-state index in [9.17, 15) is 13.2 Å². The zero-order valence-corrected chi connectivity index (χ0v) is 19.8. The van der Waals surface area contributed by atoms with E-state index in [2.05, 4.69) is 15.5 Å². The van der Waals surface area contributed by atoms with E-state index < -0.39 is 10.0 Å². The topological polar surface area (TPSA) is 105 Å². The van der Waals surface area contributed by atoms with E-state index in [0.29, 0.717) is 53.8 Å². The number of nitrogens with zero attached hydrogens (tertiary/aromatic N) is 3. The van der Waals surface area contributed by atoms with Crippen LogP contribution in [0.15, 0.2) is 33.0 Å². The van der Waals surface area contributed by atoms with Gasteiger partial charge < -0.3 is 9.84 Å². The van der Waals surface area contributed by atoms with Gasteiger partial charge in [0.05, 0.1) is 22.2 Å². The van der Waals surface area contributed by atoms with Gasteiger partial charge in [0.2, 0.25) is 27.6 Å². The lowest BCUT2D eigenvalue weighted by Crippen LogP contribution is -2.45. The Hall–Kier alpha value is -2.08. The number of carbonyl (C=O) groups excluding carboxylic acids is 1. The summed E-state index contributed by atoms with van der Waals surface area (Å²) in [6, 6.07) is 5.52. The number of hydrogen-bond acceptors (Lipinski definition) is 8. The van der Waals surface area contributed by atoms with Gasteiger partial charge in [-0.05, 0) is 37.3 Å². The monoisotopic (exact) mass is 480 g/mol. The summed E-state index contributed by atoms with van der Waals surface area (Å²) >= 11 is 2.91. The van der Waals surface area contributed by atoms with Gasteiger partial charge in [-0.3, -0.25) is 4.79 Å². The lowest BCUT2D eigenvalue weighted by atomic mass is 9.99. The summed E-state index contributed by atoms with van der Waals surface area (Å²) in [7, 11) is -3.72. The Morgan fingerprint density at radius 3 is 2.97 bits per heavy atom. The fraction of sp³-hybridized carbons (Fsp3) is 0.450. The van der Waals surface area contributed by atoms with Crippen molar-refractivity contribution in [2.45, 2.75) is 44.6 Å². The van der Waals surface area contributed by atoms with Gasteiger partial charge in [0.1, 0.15) is 0 Å². The summed E-state index contributed by atoms with van der Waals surface area (Å²) in [6.45, 7) is 4.75. The largest absolute Gasteiger partial charge is 0.351 e. The Kier molecular flexibility index (Phi) is 6.56. The molecule has 3 aromatic rings. The maximum atomic E-state index is 13.4. The molecule has 0 saturated carbocycles. The summed E-state index contributed by atoms with van der Waals surface area (Å²) in [5.41, 5.74) is 0. The van der Waals surface area contributed by atoms with Gasteiger partial charge in [-0.25, -0.2) is 8.42 Å². The van der Waals surface area contributed by atoms with Crippen molar-refractivity contribution in [2.24, 2.45) is 5.92 Å². The summed E-state index contributed by atoms with van der Waals surface area (Å²) in [5.74, 6) is 0.454. The van der Waals surface area contributed by atoms with Gasteiger partial charge in [-0.1, -0.05) is 18.1 Å². The number of rotatable bonds is 7. The smallest absolute Gasteiger partial charge is 0.244 e. The molecule has 4 rings (SSSR count). The maximum absolute atomic E-state index is 13.4. The first-order chi connectivity index (χ1) is 14.9. The van der Waals surface area contributed by atoms with E-state index in [1.807, 2.05) is 24.4 Å². The molecule has 1 atom stereocenters. The number of nitrogens with one attached hydrogen (secondary N) is 1. The molecule has 0 radical (unpaired) electrons. The van der Waals surface area contributed by atoms with Crippen molar-refractivity contribution in [3.05, 3.63) is 39.2 Å². The van der Waals surface area contributed by atoms with Crippen LogP contribution in [-0.2, 0) is 27.8 Å². The SMILES string of the molecule is CCc1nc(-c2cc(S(=O)(=O)N3CCCC(C(=O)NCc4cccs4)C3)c(C)s2)no1. The highest BCUT2D eigenvalue weighted by atomic mass is 32.2. The van der Waals surface area contributed by atoms with Crippen LogP contribution < -0.4 is 5.32 Å². The molecule has 11 heteroatoms. The Labute approximate surface area is 189 Å². The lowest BCUT2D eigenvalue weighted by molar-refractivity contribution is -0.126. The van der Waals surface area contributed by atoms with E-state index in [0.717, 1.165) is 4.88 Å². The summed E-state index contributed by atoms with van der Waals surface area (Å²) in [4.78, 5) is 19.6. The number of aromatic nitrogens is 2. The van der Waals surface area contributed by atoms with Crippen molar-refractivity contribution < 1.29 is 17.7 Å². The maximum Gasteiger partial charge on any atom is 0.244 e. The molecule has 1 saturated heterocycles. The van der Waals surface area contributed by atoms with Crippen molar-refractivity contribution in [1.82, 2.24) is 19.8 Å². The van der Waals surface area contributed by atoms with Gasteiger partial charge in [-0.2, -0.15) is 9.29 Å². The number of piperidine rings is 1. The normalized spacial score (nSPS) is 17.7. The van der Waals surface area contributed by atoms with E-state index >= 15 is 0 Å². The van der Waals surface area contributed by atoms with E-state index in [1.54, 1.807) is 24.3 Å². The van der Waals surface area contributed by atoms with Crippen LogP contribution >= 0.6 is 22.7 Å². The average molecular weight is 481 g/mol. The third kappa shape index (κ3) is 4.74. The van der Waals surface area contributed by atoms with Crippen LogP contribution in [0.4, 0.5) is 0 Å². The molecule has 1 fully saturated rings. The standard InChI is InChI=1S/C20H24N4O4S3/c1-3-18-22-19(23-28-18)16-10-17(13(2)30-16)31(26,27)24-8-4-6-14(12-24)20(25)21-11-15-7-5-9-29-15/h5,7,9-10,14H,3-4,6,8,11-12H2,1-2H3,(H,21,25). The van der Waals surface area contributed by atoms with Gasteiger partial charge in [0.25, 0.3) is 0 Å². The third-order valence-corrected chi connectivity index (χ3v) is 9.30. The number of sulfonamides is 1. The van der Waals surface area contributed by atoms with Crippen LogP contribution in [0.3, 0.4) is 0 Å². The Morgan fingerprint density at radius 2 is 2.26 bits per heavy atom. The molecule has 1 N–H and O–H groups in total. The van der Waals surface area contributed by atoms with Gasteiger partial charge in [0, 0.05) is 29.3 Å². The Balaban J connectivity index is 1.48. The molecule has 0 spiro atoms. The fourth-order valence-corrected chi connectivity index (χ4v) is 7.23. The minimum Gasteiger partial charge on any atom is -0.351 e. The summed E-state index contributed by atoms with van der Waals surface area (Å²) in [5, 5.41) is 8.85. The van der Waals surface area contributed by atoms with Crippen molar-refractivity contribution in [2.75, 3.05) is 13.1 Å². The molecule has 0 aromatic carbocycles. The zero-order chi connectivity index (χ0) is 22.0. The molecule has 4 heterocycles. The van der Waals surface area contributed by atoms with E-state index in [1.165, 1.54) is 15.6 Å². The van der Waals surface area contributed by atoms with Crippen LogP contribution in [0.25, 0.3) is 10.7 Å². The number of carbonyl (C=O) groups is 1. The number of hydrogen-bond donors (Lipinski definition) is 1. The lowest BCUT2D eigenvalue weighted by Gasteiger charge is -2.31. The molecule has 31 heavy (non-hydrogen) atoms. The van der Waals surface area contributed by atoms with Gasteiger partial charge >= 0.3 is 0 Å². The predicted molar refractivity (Wildman–Crippen MR) is 119 cm³/mol. The second-order valence-electron chi connectivity index (χ2n) is 7.40.